The molecule has 152 valence electrons. The maximum absolute atomic E-state index is 13.2. The zero-order valence-corrected chi connectivity index (χ0v) is 14.1. The summed E-state index contributed by atoms with van der Waals surface area (Å²) in [5, 5.41) is 18.4. The molecule has 0 heterocycles. The van der Waals surface area contributed by atoms with Gasteiger partial charge in [0.2, 0.25) is 0 Å². The van der Waals surface area contributed by atoms with Gasteiger partial charge in [0.05, 0.1) is 17.7 Å². The third-order valence-electron chi connectivity index (χ3n) is 3.91. The van der Waals surface area contributed by atoms with Gasteiger partial charge in [-0.2, -0.15) is 26.3 Å². The van der Waals surface area contributed by atoms with Crippen molar-refractivity contribution in [3.8, 4) is 0 Å². The first-order valence-corrected chi connectivity index (χ1v) is 7.88. The zero-order chi connectivity index (χ0) is 21.1. The number of halogens is 6. The smallest absolute Gasteiger partial charge is 0.416 e. The van der Waals surface area contributed by atoms with E-state index >= 15 is 0 Å². The predicted octanol–water partition coefficient (Wildman–Crippen LogP) is 4.33. The molecule has 0 aromatic heterocycles. The maximum Gasteiger partial charge on any atom is 0.416 e. The van der Waals surface area contributed by atoms with Gasteiger partial charge in [0.1, 0.15) is 0 Å². The van der Waals surface area contributed by atoms with Gasteiger partial charge in [-0.1, -0.05) is 24.3 Å². The summed E-state index contributed by atoms with van der Waals surface area (Å²) in [6.45, 7) is -1.69. The lowest BCUT2D eigenvalue weighted by molar-refractivity contribution is -0.200. The molecule has 2 aromatic rings. The molecule has 0 radical (unpaired) electrons. The third-order valence-corrected chi connectivity index (χ3v) is 3.91. The van der Waals surface area contributed by atoms with E-state index < -0.39 is 43.1 Å². The number of hydrogen-bond donors (Lipinski definition) is 2. The summed E-state index contributed by atoms with van der Waals surface area (Å²) in [4.78, 5) is 12.0. The largest absolute Gasteiger partial charge is 0.478 e. The molecule has 0 amide bonds. The molecule has 10 heteroatoms. The van der Waals surface area contributed by atoms with Gasteiger partial charge in [0.15, 0.2) is 6.10 Å². The highest BCUT2D eigenvalue weighted by atomic mass is 19.4. The SMILES string of the molecule is O=C(O)c1cccc(N(Cc2ccccc2C(F)(F)F)CC(O)C(F)(F)F)c1. The Labute approximate surface area is 155 Å². The monoisotopic (exact) mass is 407 g/mol. The summed E-state index contributed by atoms with van der Waals surface area (Å²) < 4.78 is 78.0. The van der Waals surface area contributed by atoms with Crippen LogP contribution in [0.15, 0.2) is 48.5 Å². The molecule has 0 spiro atoms. The molecule has 0 aliphatic rings. The minimum atomic E-state index is -4.99. The number of aliphatic hydroxyl groups excluding tert-OH is 1. The molecule has 1 unspecified atom stereocenters. The molecule has 0 aliphatic carbocycles. The molecule has 2 aromatic carbocycles. The van der Waals surface area contributed by atoms with Gasteiger partial charge in [-0.05, 0) is 29.8 Å². The van der Waals surface area contributed by atoms with Crippen molar-refractivity contribution >= 4 is 11.7 Å². The Kier molecular flexibility index (Phi) is 6.23. The molecule has 2 N–H and O–H groups in total. The standard InChI is InChI=1S/C18H15F6NO3/c19-17(20,21)14-7-2-1-4-12(14)9-25(10-15(26)18(22,23)24)13-6-3-5-11(8-13)16(27)28/h1-8,15,26H,9-10H2,(H,27,28). The Morgan fingerprint density at radius 3 is 2.21 bits per heavy atom. The van der Waals surface area contributed by atoms with E-state index in [1.165, 1.54) is 24.3 Å². The summed E-state index contributed by atoms with van der Waals surface area (Å²) in [5.41, 5.74) is -1.67. The van der Waals surface area contributed by atoms with Crippen LogP contribution in [0.5, 0.6) is 0 Å². The van der Waals surface area contributed by atoms with Gasteiger partial charge in [-0.15, -0.1) is 0 Å². The minimum absolute atomic E-state index is 0.0693. The van der Waals surface area contributed by atoms with Crippen molar-refractivity contribution in [2.24, 2.45) is 0 Å². The fourth-order valence-electron chi connectivity index (χ4n) is 2.55. The number of benzene rings is 2. The van der Waals surface area contributed by atoms with E-state index in [-0.39, 0.29) is 16.8 Å². The molecule has 1 atom stereocenters. The Morgan fingerprint density at radius 2 is 1.64 bits per heavy atom. The van der Waals surface area contributed by atoms with Crippen molar-refractivity contribution in [1.82, 2.24) is 0 Å². The van der Waals surface area contributed by atoms with Crippen LogP contribution in [0, 0.1) is 0 Å². The van der Waals surface area contributed by atoms with E-state index in [0.29, 0.717) is 0 Å². The van der Waals surface area contributed by atoms with Crippen molar-refractivity contribution in [2.45, 2.75) is 25.0 Å². The van der Waals surface area contributed by atoms with Crippen molar-refractivity contribution in [2.75, 3.05) is 11.4 Å². The number of carboxylic acids is 1. The van der Waals surface area contributed by atoms with Crippen LogP contribution in [-0.2, 0) is 12.7 Å². The number of aromatic carboxylic acids is 1. The topological polar surface area (TPSA) is 60.8 Å². The summed E-state index contributed by atoms with van der Waals surface area (Å²) in [7, 11) is 0. The highest BCUT2D eigenvalue weighted by Gasteiger charge is 2.40. The van der Waals surface area contributed by atoms with E-state index in [9.17, 15) is 36.2 Å². The average Bonchev–Trinajstić information content (AvgIpc) is 2.60. The van der Waals surface area contributed by atoms with E-state index in [1.54, 1.807) is 0 Å². The molecule has 2 rings (SSSR count). The Hall–Kier alpha value is -2.75. The fourth-order valence-corrected chi connectivity index (χ4v) is 2.55. The first kappa shape index (κ1) is 21.5. The Balaban J connectivity index is 2.46. The maximum atomic E-state index is 13.2. The van der Waals surface area contributed by atoms with Crippen LogP contribution in [-0.4, -0.2) is 35.0 Å². The van der Waals surface area contributed by atoms with Gasteiger partial charge in [-0.25, -0.2) is 4.79 Å². The van der Waals surface area contributed by atoms with Crippen molar-refractivity contribution in [1.29, 1.82) is 0 Å². The second-order valence-electron chi connectivity index (χ2n) is 5.95. The number of carbonyl (C=O) groups is 1. The summed E-state index contributed by atoms with van der Waals surface area (Å²) in [5.74, 6) is -1.35. The van der Waals surface area contributed by atoms with Gasteiger partial charge in [0.25, 0.3) is 0 Å². The number of rotatable bonds is 6. The quantitative estimate of drug-likeness (QED) is 0.700. The van der Waals surface area contributed by atoms with Crippen LogP contribution < -0.4 is 4.90 Å². The zero-order valence-electron chi connectivity index (χ0n) is 14.1. The predicted molar refractivity (Wildman–Crippen MR) is 88.0 cm³/mol. The van der Waals surface area contributed by atoms with Crippen LogP contribution in [0.4, 0.5) is 32.0 Å². The summed E-state index contributed by atoms with van der Waals surface area (Å²) >= 11 is 0. The van der Waals surface area contributed by atoms with Crippen LogP contribution in [0.25, 0.3) is 0 Å². The van der Waals surface area contributed by atoms with Crippen LogP contribution in [0.3, 0.4) is 0 Å². The normalized spacial score (nSPS) is 13.2. The number of aliphatic hydroxyl groups is 1. The van der Waals surface area contributed by atoms with Crippen LogP contribution in [0.2, 0.25) is 0 Å². The minimum Gasteiger partial charge on any atom is -0.478 e. The van der Waals surface area contributed by atoms with Crippen LogP contribution in [0.1, 0.15) is 21.5 Å². The first-order chi connectivity index (χ1) is 12.9. The lowest BCUT2D eigenvalue weighted by Crippen LogP contribution is -2.41. The Morgan fingerprint density at radius 1 is 1.00 bits per heavy atom. The molecule has 0 aliphatic heterocycles. The lowest BCUT2D eigenvalue weighted by atomic mass is 10.1. The van der Waals surface area contributed by atoms with Gasteiger partial charge >= 0.3 is 18.3 Å². The van der Waals surface area contributed by atoms with E-state index in [0.717, 1.165) is 29.2 Å². The molecule has 0 bridgehead atoms. The molecule has 4 nitrogen and oxygen atoms in total. The van der Waals surface area contributed by atoms with E-state index in [2.05, 4.69) is 0 Å². The molecule has 28 heavy (non-hydrogen) atoms. The molecule has 0 saturated heterocycles. The fraction of sp³-hybridized carbons (Fsp3) is 0.278. The highest BCUT2D eigenvalue weighted by molar-refractivity contribution is 5.88. The van der Waals surface area contributed by atoms with Crippen molar-refractivity contribution in [3.05, 3.63) is 65.2 Å². The second-order valence-corrected chi connectivity index (χ2v) is 5.95. The molecular weight excluding hydrogens is 392 g/mol. The molecular formula is C18H15F6NO3. The van der Waals surface area contributed by atoms with Gasteiger partial charge < -0.3 is 15.1 Å². The molecule has 0 saturated carbocycles. The van der Waals surface area contributed by atoms with Gasteiger partial charge in [0, 0.05) is 12.2 Å². The van der Waals surface area contributed by atoms with Crippen molar-refractivity contribution in [3.63, 3.8) is 0 Å². The summed E-state index contributed by atoms with van der Waals surface area (Å²) in [6.07, 6.45) is -12.6. The van der Waals surface area contributed by atoms with E-state index in [4.69, 9.17) is 5.11 Å². The highest BCUT2D eigenvalue weighted by Crippen LogP contribution is 2.33. The third kappa shape index (κ3) is 5.38. The lowest BCUT2D eigenvalue weighted by Gasteiger charge is -2.29. The first-order valence-electron chi connectivity index (χ1n) is 7.88. The average molecular weight is 407 g/mol. The molecule has 0 fully saturated rings. The van der Waals surface area contributed by atoms with E-state index in [1.807, 2.05) is 0 Å². The number of hydrogen-bond acceptors (Lipinski definition) is 3. The summed E-state index contributed by atoms with van der Waals surface area (Å²) in [6, 6.07) is 9.07. The Bertz CT molecular complexity index is 835. The number of alkyl halides is 6. The number of carboxylic acid groups (broad SMARTS) is 1. The number of anilines is 1. The van der Waals surface area contributed by atoms with Crippen LogP contribution >= 0.6 is 0 Å². The van der Waals surface area contributed by atoms with Crippen molar-refractivity contribution < 1.29 is 41.4 Å². The second kappa shape index (κ2) is 8.09. The van der Waals surface area contributed by atoms with Gasteiger partial charge in [-0.3, -0.25) is 0 Å². The number of nitrogens with zero attached hydrogens (tertiary/aromatic N) is 1.